The minimum Gasteiger partial charge on any atom is -0.495 e. The quantitative estimate of drug-likeness (QED) is 0.531. The Labute approximate surface area is 159 Å². The maximum atomic E-state index is 12.5. The second-order valence-corrected chi connectivity index (χ2v) is 7.87. The average molecular weight is 393 g/mol. The molecule has 8 heteroatoms. The molecule has 2 rings (SSSR count). The number of sulfonamides is 1. The zero-order valence-electron chi connectivity index (χ0n) is 16.0. The van der Waals surface area contributed by atoms with Crippen molar-refractivity contribution >= 4 is 16.0 Å². The van der Waals surface area contributed by atoms with Crippen molar-refractivity contribution in [3.05, 3.63) is 58.7 Å². The van der Waals surface area contributed by atoms with E-state index in [1.54, 1.807) is 0 Å². The summed E-state index contributed by atoms with van der Waals surface area (Å²) in [5.74, 6) is -0.528. The second-order valence-electron chi connectivity index (χ2n) is 5.97. The van der Waals surface area contributed by atoms with Gasteiger partial charge >= 0.3 is 5.97 Å². The minimum atomic E-state index is -3.99. The maximum absolute atomic E-state index is 12.5. The molecular weight excluding hydrogens is 370 g/mol. The smallest absolute Gasteiger partial charge is 0.338 e. The zero-order valence-corrected chi connectivity index (χ0v) is 16.8. The molecule has 0 aliphatic carbocycles. The van der Waals surface area contributed by atoms with Gasteiger partial charge in [0.15, 0.2) is 0 Å². The van der Waals surface area contributed by atoms with Gasteiger partial charge in [-0.05, 0) is 43.2 Å². The number of nitrogens with zero attached hydrogens (tertiary/aromatic N) is 1. The Morgan fingerprint density at radius 3 is 2.41 bits per heavy atom. The fraction of sp³-hybridized carbons (Fsp3) is 0.316. The van der Waals surface area contributed by atoms with Gasteiger partial charge in [-0.1, -0.05) is 28.2 Å². The molecule has 7 nitrogen and oxygen atoms in total. The third-order valence-electron chi connectivity index (χ3n) is 4.14. The molecule has 0 saturated heterocycles. The normalized spacial score (nSPS) is 11.5. The van der Waals surface area contributed by atoms with Gasteiger partial charge in [0.1, 0.15) is 17.3 Å². The van der Waals surface area contributed by atoms with Crippen molar-refractivity contribution in [3.8, 4) is 5.75 Å². The molecular formula is C19H23NO6S. The van der Waals surface area contributed by atoms with Crippen molar-refractivity contribution in [2.75, 3.05) is 21.3 Å². The van der Waals surface area contributed by atoms with Crippen LogP contribution in [0.4, 0.5) is 0 Å². The lowest BCUT2D eigenvalue weighted by Gasteiger charge is -2.17. The summed E-state index contributed by atoms with van der Waals surface area (Å²) >= 11 is 0. The molecule has 27 heavy (non-hydrogen) atoms. The topological polar surface area (TPSA) is 82.1 Å². The second kappa shape index (κ2) is 8.51. The highest BCUT2D eigenvalue weighted by Gasteiger charge is 2.26. The first-order valence-electron chi connectivity index (χ1n) is 8.15. The molecule has 0 unspecified atom stereocenters. The first kappa shape index (κ1) is 20.9. The standard InChI is InChI=1S/C19H23NO6S/c1-13-6-7-14(2)16(10-13)12-26-19(21)15-8-9-17(24-4)18(11-15)27(22,23)20(3)25-5/h6-11H,12H2,1-5H3. The largest absolute Gasteiger partial charge is 0.495 e. The van der Waals surface area contributed by atoms with Gasteiger partial charge in [-0.2, -0.15) is 0 Å². The zero-order chi connectivity index (χ0) is 20.2. The Bertz CT molecular complexity index is 939. The third-order valence-corrected chi connectivity index (χ3v) is 5.84. The van der Waals surface area contributed by atoms with E-state index in [9.17, 15) is 13.2 Å². The summed E-state index contributed by atoms with van der Waals surface area (Å²) < 4.78 is 36.3. The predicted octanol–water partition coefficient (Wildman–Crippen LogP) is 2.85. The lowest BCUT2D eigenvalue weighted by Crippen LogP contribution is -2.26. The molecule has 0 N–H and O–H groups in total. The summed E-state index contributed by atoms with van der Waals surface area (Å²) in [6.07, 6.45) is 0. The van der Waals surface area contributed by atoms with Crippen LogP contribution in [0, 0.1) is 13.8 Å². The Balaban J connectivity index is 2.29. The molecule has 0 heterocycles. The number of ether oxygens (including phenoxy) is 2. The maximum Gasteiger partial charge on any atom is 0.338 e. The number of carbonyl (C=O) groups is 1. The van der Waals surface area contributed by atoms with Crippen LogP contribution in [0.1, 0.15) is 27.0 Å². The van der Waals surface area contributed by atoms with E-state index >= 15 is 0 Å². The molecule has 0 atom stereocenters. The molecule has 0 aromatic heterocycles. The van der Waals surface area contributed by atoms with Crippen LogP contribution in [-0.4, -0.2) is 40.1 Å². The fourth-order valence-corrected chi connectivity index (χ4v) is 3.58. The summed E-state index contributed by atoms with van der Waals surface area (Å²) in [4.78, 5) is 17.0. The molecule has 0 fully saturated rings. The summed E-state index contributed by atoms with van der Waals surface area (Å²) in [5, 5.41) is 0. The molecule has 0 spiro atoms. The van der Waals surface area contributed by atoms with Gasteiger partial charge in [-0.25, -0.2) is 13.2 Å². The Kier molecular flexibility index (Phi) is 6.59. The van der Waals surface area contributed by atoms with E-state index in [1.807, 2.05) is 32.0 Å². The number of hydrogen-bond acceptors (Lipinski definition) is 6. The molecule has 0 aliphatic rings. The average Bonchev–Trinajstić information content (AvgIpc) is 2.67. The Morgan fingerprint density at radius 1 is 1.07 bits per heavy atom. The van der Waals surface area contributed by atoms with Gasteiger partial charge in [-0.3, -0.25) is 4.84 Å². The van der Waals surface area contributed by atoms with Crippen molar-refractivity contribution < 1.29 is 27.5 Å². The first-order valence-corrected chi connectivity index (χ1v) is 9.59. The van der Waals surface area contributed by atoms with E-state index in [0.29, 0.717) is 4.47 Å². The van der Waals surface area contributed by atoms with Crippen LogP contribution < -0.4 is 4.74 Å². The third kappa shape index (κ3) is 4.65. The number of benzene rings is 2. The number of carbonyl (C=O) groups excluding carboxylic acids is 1. The number of hydrogen-bond donors (Lipinski definition) is 0. The van der Waals surface area contributed by atoms with E-state index in [2.05, 4.69) is 0 Å². The molecule has 0 radical (unpaired) electrons. The SMILES string of the molecule is COc1ccc(C(=O)OCc2cc(C)ccc2C)cc1S(=O)(=O)N(C)OC. The van der Waals surface area contributed by atoms with Crippen LogP contribution in [0.25, 0.3) is 0 Å². The van der Waals surface area contributed by atoms with Crippen LogP contribution in [0.2, 0.25) is 0 Å². The number of methoxy groups -OCH3 is 1. The van der Waals surface area contributed by atoms with Gasteiger partial charge in [0, 0.05) is 7.05 Å². The molecule has 0 bridgehead atoms. The highest BCUT2D eigenvalue weighted by atomic mass is 32.2. The highest BCUT2D eigenvalue weighted by Crippen LogP contribution is 2.28. The van der Waals surface area contributed by atoms with E-state index in [-0.39, 0.29) is 22.8 Å². The predicted molar refractivity (Wildman–Crippen MR) is 100.0 cm³/mol. The summed E-state index contributed by atoms with van der Waals surface area (Å²) in [7, 11) is -0.163. The van der Waals surface area contributed by atoms with Gasteiger partial charge in [0.25, 0.3) is 10.0 Å². The van der Waals surface area contributed by atoms with Crippen LogP contribution in [0.3, 0.4) is 0 Å². The molecule has 0 amide bonds. The molecule has 2 aromatic carbocycles. The number of rotatable bonds is 7. The number of hydroxylamine groups is 1. The van der Waals surface area contributed by atoms with Gasteiger partial charge in [-0.15, -0.1) is 0 Å². The van der Waals surface area contributed by atoms with Crippen molar-refractivity contribution in [3.63, 3.8) is 0 Å². The fourth-order valence-electron chi connectivity index (χ4n) is 2.42. The van der Waals surface area contributed by atoms with Crippen LogP contribution >= 0.6 is 0 Å². The summed E-state index contributed by atoms with van der Waals surface area (Å²) in [6.45, 7) is 3.98. The Morgan fingerprint density at radius 2 is 1.78 bits per heavy atom. The van der Waals surface area contributed by atoms with Crippen molar-refractivity contribution in [1.82, 2.24) is 4.47 Å². The van der Waals surface area contributed by atoms with Gasteiger partial charge < -0.3 is 9.47 Å². The van der Waals surface area contributed by atoms with Gasteiger partial charge in [0.2, 0.25) is 0 Å². The Hall–Kier alpha value is -2.42. The molecule has 2 aromatic rings. The number of aryl methyl sites for hydroxylation is 2. The number of esters is 1. The van der Waals surface area contributed by atoms with Crippen LogP contribution in [-0.2, 0) is 26.2 Å². The molecule has 146 valence electrons. The summed E-state index contributed by atoms with van der Waals surface area (Å²) in [6, 6.07) is 9.96. The van der Waals surface area contributed by atoms with Crippen LogP contribution in [0.5, 0.6) is 5.75 Å². The van der Waals surface area contributed by atoms with E-state index in [0.717, 1.165) is 16.7 Å². The first-order chi connectivity index (χ1) is 12.7. The lowest BCUT2D eigenvalue weighted by atomic mass is 10.1. The van der Waals surface area contributed by atoms with Crippen molar-refractivity contribution in [1.29, 1.82) is 0 Å². The van der Waals surface area contributed by atoms with Crippen molar-refractivity contribution in [2.24, 2.45) is 0 Å². The van der Waals surface area contributed by atoms with Crippen molar-refractivity contribution in [2.45, 2.75) is 25.3 Å². The van der Waals surface area contributed by atoms with Gasteiger partial charge in [0.05, 0.1) is 19.8 Å². The van der Waals surface area contributed by atoms with E-state index in [4.69, 9.17) is 14.3 Å². The minimum absolute atomic E-state index is 0.0957. The van der Waals surface area contributed by atoms with Crippen LogP contribution in [0.15, 0.2) is 41.3 Å². The molecule has 0 aliphatic heterocycles. The highest BCUT2D eigenvalue weighted by molar-refractivity contribution is 7.89. The molecule has 0 saturated carbocycles. The van der Waals surface area contributed by atoms with E-state index in [1.165, 1.54) is 39.5 Å². The monoisotopic (exact) mass is 393 g/mol. The lowest BCUT2D eigenvalue weighted by molar-refractivity contribution is -0.0259. The van der Waals surface area contributed by atoms with E-state index < -0.39 is 16.0 Å². The summed E-state index contributed by atoms with van der Waals surface area (Å²) in [5.41, 5.74) is 3.06.